The van der Waals surface area contributed by atoms with Crippen LogP contribution in [0.25, 0.3) is 0 Å². The van der Waals surface area contributed by atoms with Crippen molar-refractivity contribution in [3.63, 3.8) is 0 Å². The van der Waals surface area contributed by atoms with E-state index in [-0.39, 0.29) is 5.82 Å². The molecule has 0 aliphatic carbocycles. The maximum atomic E-state index is 13.7. The topological polar surface area (TPSA) is 29.3 Å². The zero-order chi connectivity index (χ0) is 13.1. The number of rotatable bonds is 4. The first-order valence-corrected chi connectivity index (χ1v) is 6.67. The van der Waals surface area contributed by atoms with Gasteiger partial charge in [0, 0.05) is 29.9 Å². The molecule has 0 saturated heterocycles. The lowest BCUT2D eigenvalue weighted by Crippen LogP contribution is -2.17. The van der Waals surface area contributed by atoms with Crippen LogP contribution in [-0.4, -0.2) is 7.05 Å². The Morgan fingerprint density at radius 1 is 1.33 bits per heavy atom. The van der Waals surface area contributed by atoms with Gasteiger partial charge in [0.05, 0.1) is 5.69 Å². The van der Waals surface area contributed by atoms with Crippen molar-refractivity contribution in [1.29, 1.82) is 0 Å². The second-order valence-electron chi connectivity index (χ2n) is 4.31. The molecular formula is C14H17FN2S. The molecule has 2 N–H and O–H groups in total. The summed E-state index contributed by atoms with van der Waals surface area (Å²) in [5, 5.41) is 0. The van der Waals surface area contributed by atoms with Crippen LogP contribution in [0.2, 0.25) is 0 Å². The zero-order valence-corrected chi connectivity index (χ0v) is 11.4. The summed E-state index contributed by atoms with van der Waals surface area (Å²) in [4.78, 5) is 4.34. The molecule has 96 valence electrons. The lowest BCUT2D eigenvalue weighted by molar-refractivity contribution is 0.622. The van der Waals surface area contributed by atoms with Crippen LogP contribution in [-0.2, 0) is 13.1 Å². The molecule has 18 heavy (non-hydrogen) atoms. The molecule has 1 aromatic heterocycles. The molecule has 0 aliphatic rings. The van der Waals surface area contributed by atoms with Gasteiger partial charge in [0.2, 0.25) is 0 Å². The quantitative estimate of drug-likeness (QED) is 0.918. The predicted octanol–water partition coefficient (Wildman–Crippen LogP) is 3.29. The summed E-state index contributed by atoms with van der Waals surface area (Å²) >= 11 is 1.71. The Labute approximate surface area is 111 Å². The van der Waals surface area contributed by atoms with E-state index in [1.807, 2.05) is 18.0 Å². The molecule has 0 fully saturated rings. The summed E-state index contributed by atoms with van der Waals surface area (Å²) in [7, 11) is 1.90. The van der Waals surface area contributed by atoms with Crippen molar-refractivity contribution in [1.82, 2.24) is 0 Å². The lowest BCUT2D eigenvalue weighted by Gasteiger charge is -2.19. The molecule has 1 heterocycles. The summed E-state index contributed by atoms with van der Waals surface area (Å²) in [5.41, 5.74) is 7.47. The second-order valence-corrected chi connectivity index (χ2v) is 5.65. The number of thiophene rings is 1. The highest BCUT2D eigenvalue weighted by Gasteiger charge is 2.10. The van der Waals surface area contributed by atoms with E-state index in [1.165, 1.54) is 21.4 Å². The summed E-state index contributed by atoms with van der Waals surface area (Å²) in [6, 6.07) is 8.94. The summed E-state index contributed by atoms with van der Waals surface area (Å²) in [5.74, 6) is -0.188. The largest absolute Gasteiger partial charge is 0.368 e. The molecular weight excluding hydrogens is 247 g/mol. The molecule has 0 saturated carbocycles. The Kier molecular flexibility index (Phi) is 3.99. The molecule has 1 aromatic carbocycles. The van der Waals surface area contributed by atoms with E-state index in [0.717, 1.165) is 0 Å². The standard InChI is InChI=1S/C14H17FN2S/c1-10-11(7-12(8-16)18-10)9-17(2)14-6-4-3-5-13(14)15/h3-7H,8-9,16H2,1-2H3. The van der Waals surface area contributed by atoms with Crippen molar-refractivity contribution in [3.05, 3.63) is 51.5 Å². The van der Waals surface area contributed by atoms with Crippen molar-refractivity contribution < 1.29 is 4.39 Å². The van der Waals surface area contributed by atoms with E-state index in [0.29, 0.717) is 18.8 Å². The number of nitrogens with two attached hydrogens (primary N) is 1. The van der Waals surface area contributed by atoms with Crippen molar-refractivity contribution in [2.24, 2.45) is 5.73 Å². The minimum atomic E-state index is -0.188. The first-order valence-electron chi connectivity index (χ1n) is 5.85. The van der Waals surface area contributed by atoms with Crippen molar-refractivity contribution in [2.75, 3.05) is 11.9 Å². The first kappa shape index (κ1) is 13.1. The smallest absolute Gasteiger partial charge is 0.146 e. The lowest BCUT2D eigenvalue weighted by atomic mass is 10.2. The molecule has 2 rings (SSSR count). The molecule has 0 atom stereocenters. The predicted molar refractivity (Wildman–Crippen MR) is 75.5 cm³/mol. The normalized spacial score (nSPS) is 10.7. The number of benzene rings is 1. The molecule has 4 heteroatoms. The molecule has 0 radical (unpaired) electrons. The Hall–Kier alpha value is -1.39. The van der Waals surface area contributed by atoms with Gasteiger partial charge in [0.25, 0.3) is 0 Å². The minimum absolute atomic E-state index is 0.188. The van der Waals surface area contributed by atoms with Gasteiger partial charge in [0.1, 0.15) is 5.82 Å². The summed E-state index contributed by atoms with van der Waals surface area (Å²) in [6.07, 6.45) is 0. The van der Waals surface area contributed by atoms with Gasteiger partial charge < -0.3 is 10.6 Å². The summed E-state index contributed by atoms with van der Waals surface area (Å²) < 4.78 is 13.7. The number of hydrogen-bond acceptors (Lipinski definition) is 3. The van der Waals surface area contributed by atoms with E-state index in [9.17, 15) is 4.39 Å². The van der Waals surface area contributed by atoms with Gasteiger partial charge in [-0.25, -0.2) is 4.39 Å². The van der Waals surface area contributed by atoms with Crippen LogP contribution in [0.1, 0.15) is 15.3 Å². The van der Waals surface area contributed by atoms with Crippen LogP contribution in [0, 0.1) is 12.7 Å². The third-order valence-electron chi connectivity index (χ3n) is 2.94. The van der Waals surface area contributed by atoms with Crippen molar-refractivity contribution in [2.45, 2.75) is 20.0 Å². The van der Waals surface area contributed by atoms with Gasteiger partial charge in [-0.05, 0) is 30.7 Å². The molecule has 0 spiro atoms. The number of aryl methyl sites for hydroxylation is 1. The molecule has 0 amide bonds. The second kappa shape index (κ2) is 5.50. The van der Waals surface area contributed by atoms with E-state index < -0.39 is 0 Å². The van der Waals surface area contributed by atoms with Gasteiger partial charge in [-0.1, -0.05) is 12.1 Å². The summed E-state index contributed by atoms with van der Waals surface area (Å²) in [6.45, 7) is 3.34. The molecule has 0 unspecified atom stereocenters. The third kappa shape index (κ3) is 2.71. The van der Waals surface area contributed by atoms with E-state index in [4.69, 9.17) is 5.73 Å². The highest BCUT2D eigenvalue weighted by atomic mass is 32.1. The van der Waals surface area contributed by atoms with Gasteiger partial charge in [-0.15, -0.1) is 11.3 Å². The highest BCUT2D eigenvalue weighted by molar-refractivity contribution is 7.12. The Morgan fingerprint density at radius 3 is 2.67 bits per heavy atom. The fourth-order valence-electron chi connectivity index (χ4n) is 1.95. The van der Waals surface area contributed by atoms with Crippen molar-refractivity contribution in [3.8, 4) is 0 Å². The SMILES string of the molecule is Cc1sc(CN)cc1CN(C)c1ccccc1F. The Balaban J connectivity index is 2.18. The van der Waals surface area contributed by atoms with Crippen molar-refractivity contribution >= 4 is 17.0 Å². The van der Waals surface area contributed by atoms with Crippen LogP contribution < -0.4 is 10.6 Å². The Morgan fingerprint density at radius 2 is 2.06 bits per heavy atom. The van der Waals surface area contributed by atoms with Gasteiger partial charge in [-0.2, -0.15) is 0 Å². The van der Waals surface area contributed by atoms with E-state index in [1.54, 1.807) is 23.5 Å². The number of para-hydroxylation sites is 1. The average molecular weight is 264 g/mol. The van der Waals surface area contributed by atoms with Gasteiger partial charge in [-0.3, -0.25) is 0 Å². The first-order chi connectivity index (χ1) is 8.61. The molecule has 2 aromatic rings. The van der Waals surface area contributed by atoms with Crippen LogP contribution >= 0.6 is 11.3 Å². The number of anilines is 1. The average Bonchev–Trinajstić information content (AvgIpc) is 2.70. The van der Waals surface area contributed by atoms with E-state index >= 15 is 0 Å². The fourth-order valence-corrected chi connectivity index (χ4v) is 2.88. The molecule has 0 bridgehead atoms. The molecule has 0 aliphatic heterocycles. The van der Waals surface area contributed by atoms with Gasteiger partial charge in [0.15, 0.2) is 0 Å². The van der Waals surface area contributed by atoms with Crippen LogP contribution in [0.3, 0.4) is 0 Å². The maximum Gasteiger partial charge on any atom is 0.146 e. The number of hydrogen-bond donors (Lipinski definition) is 1. The monoisotopic (exact) mass is 264 g/mol. The Bertz CT molecular complexity index is 536. The fraction of sp³-hybridized carbons (Fsp3) is 0.286. The van der Waals surface area contributed by atoms with Crippen LogP contribution in [0.15, 0.2) is 30.3 Å². The van der Waals surface area contributed by atoms with Gasteiger partial charge >= 0.3 is 0 Å². The maximum absolute atomic E-state index is 13.7. The van der Waals surface area contributed by atoms with Crippen LogP contribution in [0.4, 0.5) is 10.1 Å². The van der Waals surface area contributed by atoms with Crippen LogP contribution in [0.5, 0.6) is 0 Å². The zero-order valence-electron chi connectivity index (χ0n) is 10.6. The van der Waals surface area contributed by atoms with E-state index in [2.05, 4.69) is 13.0 Å². The third-order valence-corrected chi connectivity index (χ3v) is 4.06. The number of halogens is 1. The number of nitrogens with zero attached hydrogens (tertiary/aromatic N) is 1. The molecule has 2 nitrogen and oxygen atoms in total. The highest BCUT2D eigenvalue weighted by Crippen LogP contribution is 2.25. The minimum Gasteiger partial charge on any atom is -0.368 e.